The lowest BCUT2D eigenvalue weighted by Crippen LogP contribution is -2.37. The summed E-state index contributed by atoms with van der Waals surface area (Å²) < 4.78 is 5.44. The number of hydrogen-bond acceptors (Lipinski definition) is 6. The molecule has 1 aromatic heterocycles. The van der Waals surface area contributed by atoms with E-state index in [2.05, 4.69) is 15.2 Å². The van der Waals surface area contributed by atoms with Crippen molar-refractivity contribution >= 4 is 34.1 Å². The van der Waals surface area contributed by atoms with Crippen LogP contribution in [0.2, 0.25) is 0 Å². The highest BCUT2D eigenvalue weighted by Gasteiger charge is 2.22. The molecule has 8 nitrogen and oxygen atoms in total. The number of anilines is 2. The molecular weight excluding hydrogens is 408 g/mol. The second-order valence-corrected chi connectivity index (χ2v) is 8.01. The van der Waals surface area contributed by atoms with Gasteiger partial charge < -0.3 is 25.0 Å². The number of nitrogens with one attached hydrogen (secondary N) is 1. The fourth-order valence-electron chi connectivity index (χ4n) is 3.84. The van der Waals surface area contributed by atoms with Crippen molar-refractivity contribution in [2.75, 3.05) is 50.6 Å². The van der Waals surface area contributed by atoms with Gasteiger partial charge in [0.05, 0.1) is 24.3 Å². The molecule has 2 heterocycles. The lowest BCUT2D eigenvalue weighted by atomic mass is 10.0. The molecule has 2 N–H and O–H groups in total. The van der Waals surface area contributed by atoms with Gasteiger partial charge in [-0.3, -0.25) is 9.59 Å². The fraction of sp³-hybridized carbons (Fsp3) is 0.292. The van der Waals surface area contributed by atoms with Crippen molar-refractivity contribution in [1.82, 2.24) is 9.88 Å². The largest absolute Gasteiger partial charge is 0.493 e. The molecular formula is C24H26N4O4. The molecule has 0 bridgehead atoms. The number of aromatic nitrogens is 1. The molecule has 0 unspecified atom stereocenters. The van der Waals surface area contributed by atoms with Crippen LogP contribution in [0.4, 0.5) is 11.4 Å². The number of rotatable bonds is 4. The average Bonchev–Trinajstić information content (AvgIpc) is 2.79. The van der Waals surface area contributed by atoms with Crippen molar-refractivity contribution in [3.63, 3.8) is 0 Å². The van der Waals surface area contributed by atoms with Gasteiger partial charge in [0, 0.05) is 55.6 Å². The first-order chi connectivity index (χ1) is 15.3. The number of hydrogen-bond donors (Lipinski definition) is 2. The zero-order chi connectivity index (χ0) is 22.8. The summed E-state index contributed by atoms with van der Waals surface area (Å²) >= 11 is 0. The van der Waals surface area contributed by atoms with E-state index >= 15 is 0 Å². The van der Waals surface area contributed by atoms with E-state index < -0.39 is 0 Å². The Bertz CT molecular complexity index is 1190. The van der Waals surface area contributed by atoms with Crippen molar-refractivity contribution in [3.05, 3.63) is 59.2 Å². The van der Waals surface area contributed by atoms with Crippen LogP contribution in [0.5, 0.6) is 5.88 Å². The van der Waals surface area contributed by atoms with E-state index in [1.54, 1.807) is 44.4 Å². The maximum Gasteiger partial charge on any atom is 0.257 e. The molecule has 2 aromatic carbocycles. The Hall–Kier alpha value is -3.65. The molecule has 1 aliphatic rings. The average molecular weight is 434 g/mol. The Balaban J connectivity index is 1.70. The maximum atomic E-state index is 13.3. The van der Waals surface area contributed by atoms with E-state index in [1.165, 1.54) is 4.90 Å². The molecule has 4 rings (SSSR count). The van der Waals surface area contributed by atoms with E-state index in [4.69, 9.17) is 4.74 Å². The van der Waals surface area contributed by atoms with Crippen LogP contribution >= 0.6 is 0 Å². The Morgan fingerprint density at radius 1 is 1.09 bits per heavy atom. The van der Waals surface area contributed by atoms with Gasteiger partial charge in [-0.25, -0.2) is 4.98 Å². The number of carbonyl (C=O) groups excluding carboxylic acids is 2. The molecule has 1 saturated heterocycles. The van der Waals surface area contributed by atoms with Gasteiger partial charge >= 0.3 is 0 Å². The monoisotopic (exact) mass is 434 g/mol. The number of aryl methyl sites for hydroxylation is 1. The van der Waals surface area contributed by atoms with E-state index in [-0.39, 0.29) is 17.7 Å². The molecule has 0 radical (unpaired) electrons. The number of benzene rings is 2. The van der Waals surface area contributed by atoms with Crippen molar-refractivity contribution in [1.29, 1.82) is 0 Å². The van der Waals surface area contributed by atoms with E-state index in [0.717, 1.165) is 16.6 Å². The minimum atomic E-state index is -0.302. The van der Waals surface area contributed by atoms with E-state index in [0.29, 0.717) is 48.6 Å². The molecule has 2 amide bonds. The van der Waals surface area contributed by atoms with Gasteiger partial charge in [0.1, 0.15) is 0 Å². The molecule has 1 fully saturated rings. The molecule has 0 saturated carbocycles. The van der Waals surface area contributed by atoms with Crippen LogP contribution < -0.4 is 10.2 Å². The van der Waals surface area contributed by atoms with Crippen LogP contribution in [-0.2, 0) is 4.74 Å². The third-order valence-corrected chi connectivity index (χ3v) is 5.51. The van der Waals surface area contributed by atoms with Crippen LogP contribution in [0, 0.1) is 6.92 Å². The van der Waals surface area contributed by atoms with Gasteiger partial charge in [0.15, 0.2) is 0 Å². The first kappa shape index (κ1) is 21.6. The first-order valence-electron chi connectivity index (χ1n) is 10.4. The van der Waals surface area contributed by atoms with Gasteiger partial charge in [-0.2, -0.15) is 0 Å². The third kappa shape index (κ3) is 4.36. The second kappa shape index (κ2) is 8.84. The van der Waals surface area contributed by atoms with Crippen LogP contribution in [-0.4, -0.2) is 67.2 Å². The highest BCUT2D eigenvalue weighted by Crippen LogP contribution is 2.27. The number of nitrogens with zero attached hydrogens (tertiary/aromatic N) is 3. The minimum absolute atomic E-state index is 0.0377. The highest BCUT2D eigenvalue weighted by atomic mass is 16.5. The summed E-state index contributed by atoms with van der Waals surface area (Å²) in [6.07, 6.45) is 0. The molecule has 0 aliphatic carbocycles. The molecule has 8 heteroatoms. The van der Waals surface area contributed by atoms with Crippen LogP contribution in [0.25, 0.3) is 10.9 Å². The summed E-state index contributed by atoms with van der Waals surface area (Å²) in [4.78, 5) is 33.6. The Labute approximate surface area is 186 Å². The molecule has 32 heavy (non-hydrogen) atoms. The summed E-state index contributed by atoms with van der Waals surface area (Å²) in [6.45, 7) is 4.39. The van der Waals surface area contributed by atoms with Crippen molar-refractivity contribution in [2.24, 2.45) is 0 Å². The third-order valence-electron chi connectivity index (χ3n) is 5.51. The van der Waals surface area contributed by atoms with Gasteiger partial charge in [-0.15, -0.1) is 0 Å². The van der Waals surface area contributed by atoms with Crippen LogP contribution in [0.3, 0.4) is 0 Å². The summed E-state index contributed by atoms with van der Waals surface area (Å²) in [5.74, 6) is -0.507. The lowest BCUT2D eigenvalue weighted by molar-refractivity contribution is 0.0827. The van der Waals surface area contributed by atoms with Crippen molar-refractivity contribution < 1.29 is 19.4 Å². The van der Waals surface area contributed by atoms with E-state index in [1.807, 2.05) is 19.1 Å². The SMILES string of the molecule is Cc1cc(O)nc2ccc(NC(=O)c3cc(C(=O)N(C)C)ccc3N3CCOCC3)cc12. The molecule has 1 aliphatic heterocycles. The highest BCUT2D eigenvalue weighted by molar-refractivity contribution is 6.10. The van der Waals surface area contributed by atoms with Crippen molar-refractivity contribution in [3.8, 4) is 5.88 Å². The number of morpholine rings is 1. The number of fused-ring (bicyclic) bond motifs is 1. The Kier molecular flexibility index (Phi) is 5.96. The summed E-state index contributed by atoms with van der Waals surface area (Å²) in [5.41, 5.74) is 3.76. The van der Waals surface area contributed by atoms with Crippen LogP contribution in [0.15, 0.2) is 42.5 Å². The molecule has 0 atom stereocenters. The molecule has 0 spiro atoms. The zero-order valence-electron chi connectivity index (χ0n) is 18.4. The normalized spacial score (nSPS) is 13.8. The number of amides is 2. The van der Waals surface area contributed by atoms with E-state index in [9.17, 15) is 14.7 Å². The fourth-order valence-corrected chi connectivity index (χ4v) is 3.84. The number of aromatic hydroxyl groups is 1. The van der Waals surface area contributed by atoms with Gasteiger partial charge in [0.2, 0.25) is 5.88 Å². The molecule has 166 valence electrons. The quantitative estimate of drug-likeness (QED) is 0.656. The van der Waals surface area contributed by atoms with Gasteiger partial charge in [-0.1, -0.05) is 0 Å². The zero-order valence-corrected chi connectivity index (χ0v) is 18.4. The maximum absolute atomic E-state index is 13.3. The second-order valence-electron chi connectivity index (χ2n) is 8.01. The number of ether oxygens (including phenoxy) is 1. The molecule has 3 aromatic rings. The summed E-state index contributed by atoms with van der Waals surface area (Å²) in [5, 5.41) is 13.5. The minimum Gasteiger partial charge on any atom is -0.493 e. The summed E-state index contributed by atoms with van der Waals surface area (Å²) in [7, 11) is 3.36. The smallest absolute Gasteiger partial charge is 0.257 e. The summed E-state index contributed by atoms with van der Waals surface area (Å²) in [6, 6.07) is 12.1. The Morgan fingerprint density at radius 3 is 2.56 bits per heavy atom. The number of pyridine rings is 1. The predicted molar refractivity (Wildman–Crippen MR) is 124 cm³/mol. The lowest BCUT2D eigenvalue weighted by Gasteiger charge is -2.30. The van der Waals surface area contributed by atoms with Gasteiger partial charge in [0.25, 0.3) is 11.8 Å². The first-order valence-corrected chi connectivity index (χ1v) is 10.4. The van der Waals surface area contributed by atoms with Gasteiger partial charge in [-0.05, 0) is 48.9 Å². The predicted octanol–water partition coefficient (Wildman–Crippen LogP) is 3.04. The van der Waals surface area contributed by atoms with Crippen LogP contribution in [0.1, 0.15) is 26.3 Å². The Morgan fingerprint density at radius 2 is 1.84 bits per heavy atom. The topological polar surface area (TPSA) is 95.0 Å². The standard InChI is InChI=1S/C24H26N4O4/c1-15-12-22(29)26-20-6-5-17(14-18(15)20)25-23(30)19-13-16(24(31)27(2)3)4-7-21(19)28-8-10-32-11-9-28/h4-7,12-14H,8-11H2,1-3H3,(H,25,30)(H,26,29). The number of carbonyl (C=O) groups is 2. The van der Waals surface area contributed by atoms with Crippen molar-refractivity contribution in [2.45, 2.75) is 6.92 Å².